The van der Waals surface area contributed by atoms with Gasteiger partial charge in [-0.3, -0.25) is 9.59 Å². The number of methoxy groups -OCH3 is 1. The van der Waals surface area contributed by atoms with E-state index < -0.39 is 5.66 Å². The van der Waals surface area contributed by atoms with Gasteiger partial charge in [0, 0.05) is 37.3 Å². The van der Waals surface area contributed by atoms with Crippen molar-refractivity contribution in [3.8, 4) is 5.75 Å². The highest BCUT2D eigenvalue weighted by Gasteiger charge is 2.23. The summed E-state index contributed by atoms with van der Waals surface area (Å²) in [6, 6.07) is 11.4. The van der Waals surface area contributed by atoms with Gasteiger partial charge in [0.25, 0.3) is 5.66 Å². The number of halogens is 2. The third kappa shape index (κ3) is 8.89. The summed E-state index contributed by atoms with van der Waals surface area (Å²) >= 11 is 0. The zero-order chi connectivity index (χ0) is 24.3. The monoisotopic (exact) mass is 467 g/mol. The molecular formula is C23H32F2N3O3P. The van der Waals surface area contributed by atoms with Crippen LogP contribution in [-0.2, 0) is 21.7 Å². The Bertz CT molecular complexity index is 874. The third-order valence-corrected chi connectivity index (χ3v) is 5.05. The highest BCUT2D eigenvalue weighted by Crippen LogP contribution is 2.34. The molecule has 2 unspecified atom stereocenters. The highest BCUT2D eigenvalue weighted by atomic mass is 31.0. The average molecular weight is 467 g/mol. The molecule has 0 aliphatic heterocycles. The predicted molar refractivity (Wildman–Crippen MR) is 127 cm³/mol. The van der Waals surface area contributed by atoms with Gasteiger partial charge < -0.3 is 20.7 Å². The first kappa shape index (κ1) is 27.5. The van der Waals surface area contributed by atoms with Crippen molar-refractivity contribution < 1.29 is 23.1 Å². The molecule has 32 heavy (non-hydrogen) atoms. The first-order chi connectivity index (χ1) is 15.0. The van der Waals surface area contributed by atoms with Crippen molar-refractivity contribution in [3.05, 3.63) is 59.2 Å². The van der Waals surface area contributed by atoms with E-state index in [1.54, 1.807) is 19.1 Å². The van der Waals surface area contributed by atoms with Crippen LogP contribution in [-0.4, -0.2) is 44.5 Å². The summed E-state index contributed by atoms with van der Waals surface area (Å²) in [7, 11) is 4.89. The van der Waals surface area contributed by atoms with Crippen LogP contribution in [0.1, 0.15) is 23.6 Å². The smallest absolute Gasteiger partial charge is 0.283 e. The molecule has 0 fully saturated rings. The van der Waals surface area contributed by atoms with E-state index in [4.69, 9.17) is 10.5 Å². The number of aryl methyl sites for hydroxylation is 1. The molecule has 0 saturated carbocycles. The van der Waals surface area contributed by atoms with Crippen molar-refractivity contribution in [2.45, 2.75) is 25.9 Å². The Labute approximate surface area is 190 Å². The van der Waals surface area contributed by atoms with Gasteiger partial charge in [-0.25, -0.2) is 0 Å². The van der Waals surface area contributed by atoms with Crippen molar-refractivity contribution in [3.63, 3.8) is 0 Å². The molecule has 0 aliphatic carbocycles. The number of carbonyl (C=O) groups is 2. The van der Waals surface area contributed by atoms with Gasteiger partial charge in [0.2, 0.25) is 12.3 Å². The SMILES string of the molecule is COc1ccc(C)cc1CC(C)C(=O)N(C)CCN.O=CNc1ccc(C(F)(F)P)cc1. The lowest BCUT2D eigenvalue weighted by molar-refractivity contribution is -0.133. The molecule has 2 amide bonds. The van der Waals surface area contributed by atoms with Gasteiger partial charge in [-0.2, -0.15) is 8.78 Å². The molecule has 0 spiro atoms. The molecular weight excluding hydrogens is 435 g/mol. The van der Waals surface area contributed by atoms with E-state index in [9.17, 15) is 18.4 Å². The summed E-state index contributed by atoms with van der Waals surface area (Å²) in [6.07, 6.45) is 1.17. The molecule has 9 heteroatoms. The molecule has 6 nitrogen and oxygen atoms in total. The van der Waals surface area contributed by atoms with Crippen LogP contribution in [0.25, 0.3) is 0 Å². The average Bonchev–Trinajstić information content (AvgIpc) is 2.74. The zero-order valence-electron chi connectivity index (χ0n) is 18.9. The molecule has 0 aliphatic rings. The maximum absolute atomic E-state index is 12.6. The third-order valence-electron chi connectivity index (χ3n) is 4.72. The Kier molecular flexibility index (Phi) is 11.2. The quantitative estimate of drug-likeness (QED) is 0.434. The number of hydrogen-bond acceptors (Lipinski definition) is 4. The lowest BCUT2D eigenvalue weighted by atomic mass is 9.97. The molecule has 0 bridgehead atoms. The maximum Gasteiger partial charge on any atom is 0.283 e. The summed E-state index contributed by atoms with van der Waals surface area (Å²) in [5.74, 6) is 0.882. The second-order valence-corrected chi connectivity index (χ2v) is 8.16. The minimum absolute atomic E-state index is 0.0766. The van der Waals surface area contributed by atoms with Crippen LogP contribution < -0.4 is 15.8 Å². The Morgan fingerprint density at radius 3 is 2.41 bits per heavy atom. The summed E-state index contributed by atoms with van der Waals surface area (Å²) in [6.45, 7) is 5.06. The normalized spacial score (nSPS) is 11.6. The maximum atomic E-state index is 12.6. The number of benzene rings is 2. The first-order valence-corrected chi connectivity index (χ1v) is 10.7. The molecule has 3 N–H and O–H groups in total. The largest absolute Gasteiger partial charge is 0.496 e. The summed E-state index contributed by atoms with van der Waals surface area (Å²) in [5.41, 5.74) is 5.19. The van der Waals surface area contributed by atoms with Crippen molar-refractivity contribution in [1.82, 2.24) is 4.90 Å². The number of anilines is 1. The van der Waals surface area contributed by atoms with E-state index in [2.05, 4.69) is 11.4 Å². The Hall–Kier alpha value is -2.57. The number of carbonyl (C=O) groups excluding carboxylic acids is 2. The Balaban J connectivity index is 0.000000343. The van der Waals surface area contributed by atoms with Gasteiger partial charge in [0.05, 0.1) is 7.11 Å². The van der Waals surface area contributed by atoms with Gasteiger partial charge in [-0.05, 0) is 37.1 Å². The van der Waals surface area contributed by atoms with Gasteiger partial charge in [0.1, 0.15) is 5.75 Å². The zero-order valence-corrected chi connectivity index (χ0v) is 20.1. The lowest BCUT2D eigenvalue weighted by Gasteiger charge is -2.21. The van der Waals surface area contributed by atoms with Crippen molar-refractivity contribution in [2.24, 2.45) is 11.7 Å². The van der Waals surface area contributed by atoms with Crippen LogP contribution in [0.5, 0.6) is 5.75 Å². The summed E-state index contributed by atoms with van der Waals surface area (Å²) in [5, 5.41) is 2.35. The molecule has 0 saturated heterocycles. The fourth-order valence-electron chi connectivity index (χ4n) is 3.02. The topological polar surface area (TPSA) is 84.7 Å². The van der Waals surface area contributed by atoms with Crippen LogP contribution in [0.3, 0.4) is 0 Å². The fourth-order valence-corrected chi connectivity index (χ4v) is 3.21. The van der Waals surface area contributed by atoms with Crippen molar-refractivity contribution in [2.75, 3.05) is 32.6 Å². The minimum Gasteiger partial charge on any atom is -0.496 e. The van der Waals surface area contributed by atoms with Crippen LogP contribution in [0.2, 0.25) is 0 Å². The number of amides is 2. The highest BCUT2D eigenvalue weighted by molar-refractivity contribution is 7.17. The number of rotatable bonds is 9. The number of alkyl halides is 2. The van der Waals surface area contributed by atoms with Crippen LogP contribution in [0.15, 0.2) is 42.5 Å². The van der Waals surface area contributed by atoms with Gasteiger partial charge in [0.15, 0.2) is 0 Å². The van der Waals surface area contributed by atoms with Crippen LogP contribution in [0.4, 0.5) is 14.5 Å². The molecule has 2 atom stereocenters. The van der Waals surface area contributed by atoms with Crippen LogP contribution in [0, 0.1) is 12.8 Å². The van der Waals surface area contributed by atoms with E-state index >= 15 is 0 Å². The number of hydrogen-bond donors (Lipinski definition) is 2. The van der Waals surface area contributed by atoms with E-state index in [1.165, 1.54) is 39.1 Å². The second kappa shape index (κ2) is 13.1. The molecule has 0 heterocycles. The second-order valence-electron chi connectivity index (χ2n) is 7.43. The lowest BCUT2D eigenvalue weighted by Crippen LogP contribution is -2.36. The van der Waals surface area contributed by atoms with E-state index in [0.29, 0.717) is 31.6 Å². The predicted octanol–water partition coefficient (Wildman–Crippen LogP) is 3.78. The minimum atomic E-state index is -2.92. The Morgan fingerprint density at radius 1 is 1.28 bits per heavy atom. The van der Waals surface area contributed by atoms with Crippen LogP contribution >= 0.6 is 9.24 Å². The first-order valence-electron chi connectivity index (χ1n) is 10.1. The number of likely N-dealkylation sites (N-methyl/N-ethyl adjacent to an activating group) is 1. The van der Waals surface area contributed by atoms with E-state index in [0.717, 1.165) is 11.3 Å². The van der Waals surface area contributed by atoms with Crippen molar-refractivity contribution in [1.29, 1.82) is 0 Å². The van der Waals surface area contributed by atoms with Gasteiger partial charge in [-0.15, -0.1) is 0 Å². The fraction of sp³-hybridized carbons (Fsp3) is 0.391. The summed E-state index contributed by atoms with van der Waals surface area (Å²) in [4.78, 5) is 23.8. The summed E-state index contributed by atoms with van der Waals surface area (Å²) < 4.78 is 30.6. The number of nitrogens with zero attached hydrogens (tertiary/aromatic N) is 1. The standard InChI is InChI=1S/C15H24N2O2.C8H8F2NOP/c1-11-5-6-14(19-4)13(9-11)10-12(2)15(18)17(3)8-7-16;9-8(10,13)6-1-3-7(4-2-6)11-5-12/h5-6,9,12H,7-8,10,16H2,1-4H3;1-5H,13H2,(H,11,12). The van der Waals surface area contributed by atoms with E-state index in [-0.39, 0.29) is 17.4 Å². The Morgan fingerprint density at radius 2 is 1.91 bits per heavy atom. The van der Waals surface area contributed by atoms with E-state index in [1.807, 2.05) is 26.0 Å². The molecule has 2 rings (SSSR count). The van der Waals surface area contributed by atoms with Gasteiger partial charge >= 0.3 is 0 Å². The molecule has 2 aromatic rings. The number of nitrogens with two attached hydrogens (primary N) is 1. The van der Waals surface area contributed by atoms with Crippen molar-refractivity contribution >= 4 is 27.2 Å². The molecule has 176 valence electrons. The number of nitrogens with one attached hydrogen (secondary N) is 1. The van der Waals surface area contributed by atoms with Gasteiger partial charge in [-0.1, -0.05) is 46.0 Å². The molecule has 2 aromatic carbocycles. The molecule has 0 radical (unpaired) electrons. The molecule has 0 aromatic heterocycles. The number of ether oxygens (including phenoxy) is 1.